The number of methoxy groups -OCH3 is 1. The minimum atomic E-state index is 0.354. The predicted octanol–water partition coefficient (Wildman–Crippen LogP) is 2.49. The Morgan fingerprint density at radius 1 is 1.29 bits per heavy atom. The van der Waals surface area contributed by atoms with Crippen molar-refractivity contribution in [2.24, 2.45) is 0 Å². The maximum Gasteiger partial charge on any atom is 0.220 e. The van der Waals surface area contributed by atoms with Gasteiger partial charge in [-0.25, -0.2) is 9.97 Å². The largest absolute Gasteiger partial charge is 0.496 e. The standard InChI is InChI=1S/C13H15N3O/c1-17-10-7-3-6-9-11(10)12(8-4-2-5-8)16-13(14)15-9/h3,6-8H,2,4-5H2,1H3,(H2,14,15,16). The third kappa shape index (κ3) is 1.60. The Balaban J connectivity index is 2.29. The molecule has 0 saturated heterocycles. The Morgan fingerprint density at radius 3 is 2.76 bits per heavy atom. The molecule has 0 atom stereocenters. The van der Waals surface area contributed by atoms with Crippen LogP contribution in [0.1, 0.15) is 30.9 Å². The number of hydrogen-bond acceptors (Lipinski definition) is 4. The lowest BCUT2D eigenvalue weighted by molar-refractivity contribution is 0.405. The lowest BCUT2D eigenvalue weighted by Gasteiger charge is -2.26. The van der Waals surface area contributed by atoms with Crippen LogP contribution in [-0.4, -0.2) is 17.1 Å². The van der Waals surface area contributed by atoms with Crippen LogP contribution in [0.25, 0.3) is 10.9 Å². The Bertz CT molecular complexity index is 564. The molecule has 2 aromatic rings. The molecule has 88 valence electrons. The Labute approximate surface area is 99.8 Å². The van der Waals surface area contributed by atoms with Gasteiger partial charge < -0.3 is 10.5 Å². The Hall–Kier alpha value is -1.84. The molecule has 0 unspecified atom stereocenters. The van der Waals surface area contributed by atoms with E-state index in [9.17, 15) is 0 Å². The Kier molecular flexibility index (Phi) is 2.35. The molecule has 1 aliphatic carbocycles. The monoisotopic (exact) mass is 229 g/mol. The number of hydrogen-bond donors (Lipinski definition) is 1. The maximum atomic E-state index is 5.77. The SMILES string of the molecule is COc1cccc2nc(N)nc(C3CCC3)c12. The van der Waals surface area contributed by atoms with Crippen molar-refractivity contribution >= 4 is 16.9 Å². The van der Waals surface area contributed by atoms with Crippen LogP contribution in [0.15, 0.2) is 18.2 Å². The zero-order valence-corrected chi connectivity index (χ0v) is 9.81. The van der Waals surface area contributed by atoms with Crippen molar-refractivity contribution in [3.8, 4) is 5.75 Å². The smallest absolute Gasteiger partial charge is 0.220 e. The summed E-state index contributed by atoms with van der Waals surface area (Å²) in [6.45, 7) is 0. The van der Waals surface area contributed by atoms with Gasteiger partial charge in [0, 0.05) is 5.92 Å². The molecule has 17 heavy (non-hydrogen) atoms. The second-order valence-corrected chi connectivity index (χ2v) is 4.45. The average molecular weight is 229 g/mol. The van der Waals surface area contributed by atoms with E-state index in [1.54, 1.807) is 7.11 Å². The van der Waals surface area contributed by atoms with Crippen LogP contribution in [0, 0.1) is 0 Å². The van der Waals surface area contributed by atoms with Crippen molar-refractivity contribution in [1.82, 2.24) is 9.97 Å². The van der Waals surface area contributed by atoms with Crippen LogP contribution in [0.3, 0.4) is 0 Å². The van der Waals surface area contributed by atoms with Crippen molar-refractivity contribution in [3.63, 3.8) is 0 Å². The van der Waals surface area contributed by atoms with E-state index in [2.05, 4.69) is 9.97 Å². The predicted molar refractivity (Wildman–Crippen MR) is 67.1 cm³/mol. The molecule has 1 fully saturated rings. The van der Waals surface area contributed by atoms with Crippen molar-refractivity contribution < 1.29 is 4.74 Å². The summed E-state index contributed by atoms with van der Waals surface area (Å²) in [5.41, 5.74) is 7.70. The number of nitrogens with zero attached hydrogens (tertiary/aromatic N) is 2. The van der Waals surface area contributed by atoms with Gasteiger partial charge in [0.15, 0.2) is 0 Å². The van der Waals surface area contributed by atoms with E-state index in [0.29, 0.717) is 11.9 Å². The summed E-state index contributed by atoms with van der Waals surface area (Å²) in [5.74, 6) is 1.70. The van der Waals surface area contributed by atoms with E-state index in [1.165, 1.54) is 19.3 Å². The zero-order valence-electron chi connectivity index (χ0n) is 9.81. The van der Waals surface area contributed by atoms with Gasteiger partial charge in [0.2, 0.25) is 5.95 Å². The molecule has 4 nitrogen and oxygen atoms in total. The molecule has 1 aliphatic rings. The molecule has 0 radical (unpaired) electrons. The molecule has 3 rings (SSSR count). The lowest BCUT2D eigenvalue weighted by Crippen LogP contribution is -2.13. The fourth-order valence-corrected chi connectivity index (χ4v) is 2.35. The number of fused-ring (bicyclic) bond motifs is 1. The van der Waals surface area contributed by atoms with Gasteiger partial charge >= 0.3 is 0 Å². The third-order valence-electron chi connectivity index (χ3n) is 3.44. The molecule has 2 N–H and O–H groups in total. The summed E-state index contributed by atoms with van der Waals surface area (Å²) in [7, 11) is 1.68. The van der Waals surface area contributed by atoms with Gasteiger partial charge in [-0.3, -0.25) is 0 Å². The molecule has 0 aliphatic heterocycles. The molecule has 1 aromatic carbocycles. The second kappa shape index (κ2) is 3.87. The third-order valence-corrected chi connectivity index (χ3v) is 3.44. The quantitative estimate of drug-likeness (QED) is 0.859. The highest BCUT2D eigenvalue weighted by atomic mass is 16.5. The first-order valence-corrected chi connectivity index (χ1v) is 5.89. The van der Waals surface area contributed by atoms with E-state index in [4.69, 9.17) is 10.5 Å². The van der Waals surface area contributed by atoms with Crippen LogP contribution in [0.5, 0.6) is 5.75 Å². The first-order chi connectivity index (χ1) is 8.29. The van der Waals surface area contributed by atoms with E-state index in [0.717, 1.165) is 22.3 Å². The molecular formula is C13H15N3O. The summed E-state index contributed by atoms with van der Waals surface area (Å²) in [5, 5.41) is 1.02. The highest BCUT2D eigenvalue weighted by Gasteiger charge is 2.25. The number of nitrogen functional groups attached to an aromatic ring is 1. The molecule has 1 heterocycles. The number of anilines is 1. The van der Waals surface area contributed by atoms with Gasteiger partial charge in [-0.05, 0) is 25.0 Å². The van der Waals surface area contributed by atoms with E-state index >= 15 is 0 Å². The fraction of sp³-hybridized carbons (Fsp3) is 0.385. The van der Waals surface area contributed by atoms with Crippen LogP contribution >= 0.6 is 0 Å². The minimum Gasteiger partial charge on any atom is -0.496 e. The van der Waals surface area contributed by atoms with Crippen LogP contribution in [0.4, 0.5) is 5.95 Å². The van der Waals surface area contributed by atoms with Crippen molar-refractivity contribution in [2.45, 2.75) is 25.2 Å². The fourth-order valence-electron chi connectivity index (χ4n) is 2.35. The molecule has 0 bridgehead atoms. The van der Waals surface area contributed by atoms with Gasteiger partial charge in [0.1, 0.15) is 5.75 Å². The minimum absolute atomic E-state index is 0.354. The molecular weight excluding hydrogens is 214 g/mol. The molecule has 1 saturated carbocycles. The maximum absolute atomic E-state index is 5.77. The summed E-state index contributed by atoms with van der Waals surface area (Å²) in [6, 6.07) is 5.83. The number of aromatic nitrogens is 2. The highest BCUT2D eigenvalue weighted by molar-refractivity contribution is 5.88. The number of nitrogens with two attached hydrogens (primary N) is 1. The van der Waals surface area contributed by atoms with Crippen molar-refractivity contribution in [2.75, 3.05) is 12.8 Å². The van der Waals surface area contributed by atoms with E-state index < -0.39 is 0 Å². The topological polar surface area (TPSA) is 61.0 Å². The number of rotatable bonds is 2. The normalized spacial score (nSPS) is 15.8. The molecule has 0 spiro atoms. The first-order valence-electron chi connectivity index (χ1n) is 5.89. The van der Waals surface area contributed by atoms with E-state index in [-0.39, 0.29) is 0 Å². The molecule has 4 heteroatoms. The summed E-state index contributed by atoms with van der Waals surface area (Å²) in [4.78, 5) is 8.69. The van der Waals surface area contributed by atoms with Crippen molar-refractivity contribution in [3.05, 3.63) is 23.9 Å². The zero-order chi connectivity index (χ0) is 11.8. The van der Waals surface area contributed by atoms with Gasteiger partial charge in [-0.2, -0.15) is 0 Å². The lowest BCUT2D eigenvalue weighted by atomic mass is 9.81. The molecule has 1 aromatic heterocycles. The van der Waals surface area contributed by atoms with Gasteiger partial charge in [-0.1, -0.05) is 12.5 Å². The number of ether oxygens (including phenoxy) is 1. The number of benzene rings is 1. The van der Waals surface area contributed by atoms with Crippen LogP contribution < -0.4 is 10.5 Å². The second-order valence-electron chi connectivity index (χ2n) is 4.45. The van der Waals surface area contributed by atoms with E-state index in [1.807, 2.05) is 18.2 Å². The van der Waals surface area contributed by atoms with Crippen LogP contribution in [0.2, 0.25) is 0 Å². The van der Waals surface area contributed by atoms with Crippen molar-refractivity contribution in [1.29, 1.82) is 0 Å². The van der Waals surface area contributed by atoms with Crippen LogP contribution in [-0.2, 0) is 0 Å². The Morgan fingerprint density at radius 2 is 2.12 bits per heavy atom. The van der Waals surface area contributed by atoms with Gasteiger partial charge in [-0.15, -0.1) is 0 Å². The summed E-state index contributed by atoms with van der Waals surface area (Å²) < 4.78 is 5.41. The van der Waals surface area contributed by atoms with Gasteiger partial charge in [0.25, 0.3) is 0 Å². The summed E-state index contributed by atoms with van der Waals surface area (Å²) in [6.07, 6.45) is 3.64. The average Bonchev–Trinajstić information content (AvgIpc) is 2.25. The summed E-state index contributed by atoms with van der Waals surface area (Å²) >= 11 is 0. The first kappa shape index (κ1) is 10.3. The molecule has 0 amide bonds. The highest BCUT2D eigenvalue weighted by Crippen LogP contribution is 2.41. The van der Waals surface area contributed by atoms with Gasteiger partial charge in [0.05, 0.1) is 23.7 Å².